The van der Waals surface area contributed by atoms with E-state index in [1.54, 1.807) is 6.92 Å². The molecule has 1 heterocycles. The molecule has 1 aliphatic heterocycles. The molecule has 1 aliphatic rings. The second kappa shape index (κ2) is 6.98. The lowest BCUT2D eigenvalue weighted by atomic mass is 9.91. The molecule has 0 unspecified atom stereocenters. The van der Waals surface area contributed by atoms with Crippen molar-refractivity contribution in [1.29, 1.82) is 0 Å². The average Bonchev–Trinajstić information content (AvgIpc) is 2.53. The number of ether oxygens (including phenoxy) is 2. The van der Waals surface area contributed by atoms with E-state index in [0.717, 1.165) is 19.2 Å². The van der Waals surface area contributed by atoms with Crippen LogP contribution in [0.25, 0.3) is 0 Å². The number of amides is 1. The Morgan fingerprint density at radius 2 is 2.08 bits per heavy atom. The number of alkyl halides is 3. The van der Waals surface area contributed by atoms with Gasteiger partial charge in [0, 0.05) is 12.1 Å². The quantitative estimate of drug-likeness (QED) is 0.823. The van der Waals surface area contributed by atoms with Crippen molar-refractivity contribution in [3.8, 4) is 0 Å². The summed E-state index contributed by atoms with van der Waals surface area (Å²) >= 11 is 0. The molecule has 0 saturated carbocycles. The van der Waals surface area contributed by atoms with Gasteiger partial charge in [-0.15, -0.1) is 0 Å². The number of hydrogen-bond acceptors (Lipinski definition) is 5. The number of methoxy groups -OCH3 is 1. The first-order valence-corrected chi connectivity index (χ1v) is 7.25. The van der Waals surface area contributed by atoms with Gasteiger partial charge in [-0.2, -0.15) is 13.2 Å². The number of alkyl carbamates (subject to hydrolysis) is 1. The third-order valence-electron chi connectivity index (χ3n) is 3.60. The summed E-state index contributed by atoms with van der Waals surface area (Å²) in [6, 6.07) is 1.50. The van der Waals surface area contributed by atoms with Crippen LogP contribution in [0.3, 0.4) is 0 Å². The monoisotopic (exact) mass is 346 g/mol. The third-order valence-corrected chi connectivity index (χ3v) is 3.60. The van der Waals surface area contributed by atoms with E-state index < -0.39 is 35.9 Å². The zero-order chi connectivity index (χ0) is 17.9. The number of fused-ring (bicyclic) bond motifs is 1. The number of benzene rings is 1. The van der Waals surface area contributed by atoms with Crippen LogP contribution in [0.4, 0.5) is 23.7 Å². The van der Waals surface area contributed by atoms with Crippen LogP contribution in [-0.2, 0) is 20.4 Å². The fraction of sp³-hybridized carbons (Fsp3) is 0.467. The molecule has 0 fully saturated rings. The maximum atomic E-state index is 12.9. The van der Waals surface area contributed by atoms with Crippen LogP contribution < -0.4 is 10.6 Å². The fourth-order valence-electron chi connectivity index (χ4n) is 2.50. The van der Waals surface area contributed by atoms with Crippen molar-refractivity contribution in [2.24, 2.45) is 0 Å². The van der Waals surface area contributed by atoms with Crippen LogP contribution in [0.1, 0.15) is 30.5 Å². The topological polar surface area (TPSA) is 76.7 Å². The minimum atomic E-state index is -4.51. The molecule has 0 spiro atoms. The highest BCUT2D eigenvalue weighted by Gasteiger charge is 2.36. The Kier molecular flexibility index (Phi) is 5.20. The highest BCUT2D eigenvalue weighted by Crippen LogP contribution is 2.38. The van der Waals surface area contributed by atoms with Gasteiger partial charge in [0.1, 0.15) is 6.04 Å². The summed E-state index contributed by atoms with van der Waals surface area (Å²) in [6.07, 6.45) is -5.27. The molecule has 24 heavy (non-hydrogen) atoms. The van der Waals surface area contributed by atoms with Gasteiger partial charge in [0.25, 0.3) is 0 Å². The maximum absolute atomic E-state index is 12.9. The van der Waals surface area contributed by atoms with Crippen LogP contribution in [-0.4, -0.2) is 31.8 Å². The number of anilines is 1. The Labute approximate surface area is 136 Å². The lowest BCUT2D eigenvalue weighted by Gasteiger charge is -2.32. The van der Waals surface area contributed by atoms with Gasteiger partial charge in [-0.3, -0.25) is 0 Å². The summed E-state index contributed by atoms with van der Waals surface area (Å²) in [4.78, 5) is 23.4. The van der Waals surface area contributed by atoms with E-state index in [0.29, 0.717) is 5.69 Å². The van der Waals surface area contributed by atoms with Gasteiger partial charge in [-0.05, 0) is 30.7 Å². The van der Waals surface area contributed by atoms with Gasteiger partial charge >= 0.3 is 18.2 Å². The minimum absolute atomic E-state index is 0.0439. The summed E-state index contributed by atoms with van der Waals surface area (Å²) in [5, 5.41) is 5.30. The lowest BCUT2D eigenvalue weighted by molar-refractivity contribution is -0.144. The smallest absolute Gasteiger partial charge is 0.416 e. The van der Waals surface area contributed by atoms with Crippen molar-refractivity contribution >= 4 is 17.7 Å². The van der Waals surface area contributed by atoms with Crippen LogP contribution in [0.15, 0.2) is 18.2 Å². The molecule has 0 saturated heterocycles. The van der Waals surface area contributed by atoms with E-state index in [2.05, 4.69) is 15.4 Å². The standard InChI is InChI=1S/C15H17F3N2O4/c1-3-24-13(21)12-7-11(20-14(22)23-2)9-6-8(15(16,17)18)4-5-10(9)19-12/h4-6,11-12,19H,3,7H2,1-2H3,(H,20,22)/t11-,12-/m1/s1. The second-order valence-corrected chi connectivity index (χ2v) is 5.17. The normalized spacial score (nSPS) is 19.7. The Morgan fingerprint density at radius 1 is 1.38 bits per heavy atom. The Morgan fingerprint density at radius 3 is 2.67 bits per heavy atom. The molecular formula is C15H17F3N2O4. The molecule has 1 aromatic rings. The molecule has 0 aromatic heterocycles. The number of esters is 1. The van der Waals surface area contributed by atoms with Crippen molar-refractivity contribution in [1.82, 2.24) is 5.32 Å². The molecule has 2 N–H and O–H groups in total. The molecule has 0 bridgehead atoms. The van der Waals surface area contributed by atoms with Gasteiger partial charge in [0.05, 0.1) is 25.3 Å². The molecule has 0 aliphatic carbocycles. The van der Waals surface area contributed by atoms with E-state index in [1.165, 1.54) is 6.07 Å². The predicted octanol–water partition coefficient (Wildman–Crippen LogP) is 2.85. The van der Waals surface area contributed by atoms with E-state index in [4.69, 9.17) is 4.74 Å². The summed E-state index contributed by atoms with van der Waals surface area (Å²) in [5.74, 6) is -0.542. The third kappa shape index (κ3) is 3.90. The highest BCUT2D eigenvalue weighted by molar-refractivity contribution is 5.81. The Bertz CT molecular complexity index is 634. The predicted molar refractivity (Wildman–Crippen MR) is 78.4 cm³/mol. The maximum Gasteiger partial charge on any atom is 0.416 e. The van der Waals surface area contributed by atoms with Crippen molar-refractivity contribution in [3.63, 3.8) is 0 Å². The number of carbonyl (C=O) groups excluding carboxylic acids is 2. The fourth-order valence-corrected chi connectivity index (χ4v) is 2.50. The summed E-state index contributed by atoms with van der Waals surface area (Å²) in [7, 11) is 1.15. The van der Waals surface area contributed by atoms with Crippen LogP contribution in [0, 0.1) is 0 Å². The number of nitrogens with one attached hydrogen (secondary N) is 2. The second-order valence-electron chi connectivity index (χ2n) is 5.17. The van der Waals surface area contributed by atoms with E-state index in [1.807, 2.05) is 0 Å². The van der Waals surface area contributed by atoms with Crippen molar-refractivity contribution in [2.75, 3.05) is 19.0 Å². The van der Waals surface area contributed by atoms with E-state index in [9.17, 15) is 22.8 Å². The van der Waals surface area contributed by atoms with Crippen LogP contribution in [0.2, 0.25) is 0 Å². The van der Waals surface area contributed by atoms with Crippen LogP contribution in [0.5, 0.6) is 0 Å². The van der Waals surface area contributed by atoms with Gasteiger partial charge in [-0.1, -0.05) is 0 Å². The highest BCUT2D eigenvalue weighted by atomic mass is 19.4. The molecule has 9 heteroatoms. The van der Waals surface area contributed by atoms with Crippen molar-refractivity contribution in [3.05, 3.63) is 29.3 Å². The molecule has 132 valence electrons. The van der Waals surface area contributed by atoms with E-state index >= 15 is 0 Å². The van der Waals surface area contributed by atoms with Gasteiger partial charge < -0.3 is 20.1 Å². The molecule has 6 nitrogen and oxygen atoms in total. The first-order chi connectivity index (χ1) is 11.3. The molecular weight excluding hydrogens is 329 g/mol. The Balaban J connectivity index is 2.37. The number of carbonyl (C=O) groups is 2. The van der Waals surface area contributed by atoms with Gasteiger partial charge in [0.2, 0.25) is 0 Å². The molecule has 1 aromatic carbocycles. The first kappa shape index (κ1) is 17.9. The van der Waals surface area contributed by atoms with Crippen LogP contribution >= 0.6 is 0 Å². The molecule has 1 amide bonds. The van der Waals surface area contributed by atoms with Crippen molar-refractivity contribution in [2.45, 2.75) is 31.6 Å². The van der Waals surface area contributed by atoms with E-state index in [-0.39, 0.29) is 18.6 Å². The summed E-state index contributed by atoms with van der Waals surface area (Å²) in [5.41, 5.74) is -0.279. The van der Waals surface area contributed by atoms with Gasteiger partial charge in [-0.25, -0.2) is 9.59 Å². The molecule has 0 radical (unpaired) electrons. The number of rotatable bonds is 3. The SMILES string of the molecule is CCOC(=O)[C@H]1C[C@@H](NC(=O)OC)c2cc(C(F)(F)F)ccc2N1. The van der Waals surface area contributed by atoms with Crippen molar-refractivity contribution < 1.29 is 32.2 Å². The average molecular weight is 346 g/mol. The number of hydrogen-bond donors (Lipinski definition) is 2. The summed E-state index contributed by atoms with van der Waals surface area (Å²) in [6.45, 7) is 1.82. The summed E-state index contributed by atoms with van der Waals surface area (Å²) < 4.78 is 48.2. The number of halogens is 3. The largest absolute Gasteiger partial charge is 0.464 e. The lowest BCUT2D eigenvalue weighted by Crippen LogP contribution is -2.42. The van der Waals surface area contributed by atoms with Gasteiger partial charge in [0.15, 0.2) is 0 Å². The Hall–Kier alpha value is -2.45. The minimum Gasteiger partial charge on any atom is -0.464 e. The molecule has 2 atom stereocenters. The zero-order valence-corrected chi connectivity index (χ0v) is 13.1. The molecule has 2 rings (SSSR count). The zero-order valence-electron chi connectivity index (χ0n) is 13.1. The first-order valence-electron chi connectivity index (χ1n) is 7.25.